The van der Waals surface area contributed by atoms with E-state index in [-0.39, 0.29) is 5.56 Å². The minimum Gasteiger partial charge on any atom is -0.367 e. The van der Waals surface area contributed by atoms with Crippen LogP contribution in [0, 0.1) is 0 Å². The molecule has 0 aliphatic rings. The maximum absolute atomic E-state index is 12.0. The van der Waals surface area contributed by atoms with Crippen LogP contribution in [0.3, 0.4) is 0 Å². The van der Waals surface area contributed by atoms with Gasteiger partial charge in [0, 0.05) is 16.7 Å². The molecule has 2 rings (SSSR count). The molecule has 0 fully saturated rings. The molecule has 0 aliphatic carbocycles. The lowest BCUT2D eigenvalue weighted by Crippen LogP contribution is -2.52. The second-order valence-electron chi connectivity index (χ2n) is 4.51. The number of aromatic nitrogens is 1. The molecule has 0 bridgehead atoms. The molecule has 0 radical (unpaired) electrons. The molecule has 3 amide bonds. The first-order chi connectivity index (χ1) is 11.0. The predicted octanol–water partition coefficient (Wildman–Crippen LogP) is 0.302. The number of carbonyl (C=O) groups excluding carboxylic acids is 3. The van der Waals surface area contributed by atoms with Crippen LogP contribution in [-0.4, -0.2) is 28.7 Å². The first kappa shape index (κ1) is 16.5. The minimum absolute atomic E-state index is 0.280. The Labute approximate surface area is 136 Å². The Balaban J connectivity index is 2.05. The van der Waals surface area contributed by atoms with Crippen LogP contribution >= 0.6 is 11.8 Å². The van der Waals surface area contributed by atoms with Gasteiger partial charge in [-0.15, -0.1) is 0 Å². The van der Waals surface area contributed by atoms with Crippen LogP contribution in [0.1, 0.15) is 10.4 Å². The molecule has 1 aromatic carbocycles. The molecule has 23 heavy (non-hydrogen) atoms. The summed E-state index contributed by atoms with van der Waals surface area (Å²) in [6.07, 6.45) is 1.69. The van der Waals surface area contributed by atoms with E-state index in [1.807, 2.05) is 18.2 Å². The number of hydrogen-bond donors (Lipinski definition) is 3. The highest BCUT2D eigenvalue weighted by Gasteiger charge is 2.24. The molecule has 118 valence electrons. The van der Waals surface area contributed by atoms with E-state index in [1.54, 1.807) is 30.5 Å². The van der Waals surface area contributed by atoms with Gasteiger partial charge < -0.3 is 16.8 Å². The first-order valence-corrected chi connectivity index (χ1v) is 7.37. The van der Waals surface area contributed by atoms with Gasteiger partial charge >= 0.3 is 0 Å². The van der Waals surface area contributed by atoms with E-state index in [2.05, 4.69) is 10.3 Å². The SMILES string of the molecule is NC(=O)C(NC(=O)c1ccc(Sc2ccccn2)cc1)C(N)=O. The maximum atomic E-state index is 12.0. The van der Waals surface area contributed by atoms with Crippen LogP contribution in [0.15, 0.2) is 58.6 Å². The topological polar surface area (TPSA) is 128 Å². The van der Waals surface area contributed by atoms with Gasteiger partial charge in [-0.2, -0.15) is 0 Å². The third-order valence-corrected chi connectivity index (χ3v) is 3.78. The fourth-order valence-corrected chi connectivity index (χ4v) is 2.47. The van der Waals surface area contributed by atoms with Crippen molar-refractivity contribution in [1.29, 1.82) is 0 Å². The van der Waals surface area contributed by atoms with Crippen molar-refractivity contribution < 1.29 is 14.4 Å². The number of nitrogens with one attached hydrogen (secondary N) is 1. The third kappa shape index (κ3) is 4.55. The van der Waals surface area contributed by atoms with Gasteiger partial charge in [-0.25, -0.2) is 4.98 Å². The molecule has 0 atom stereocenters. The molecule has 0 saturated carbocycles. The number of hydrogen-bond acceptors (Lipinski definition) is 5. The first-order valence-electron chi connectivity index (χ1n) is 6.56. The lowest BCUT2D eigenvalue weighted by Gasteiger charge is -2.12. The maximum Gasteiger partial charge on any atom is 0.252 e. The normalized spacial score (nSPS) is 10.3. The number of nitrogens with zero attached hydrogens (tertiary/aromatic N) is 1. The smallest absolute Gasteiger partial charge is 0.252 e. The van der Waals surface area contributed by atoms with Gasteiger partial charge in [-0.1, -0.05) is 17.8 Å². The van der Waals surface area contributed by atoms with Crippen LogP contribution in [0.4, 0.5) is 0 Å². The number of primary amides is 2. The summed E-state index contributed by atoms with van der Waals surface area (Å²) in [5, 5.41) is 3.02. The highest BCUT2D eigenvalue weighted by Crippen LogP contribution is 2.25. The molecule has 2 aromatic rings. The predicted molar refractivity (Wildman–Crippen MR) is 84.4 cm³/mol. The number of nitrogens with two attached hydrogens (primary N) is 2. The molecule has 1 heterocycles. The summed E-state index contributed by atoms with van der Waals surface area (Å²) in [6.45, 7) is 0. The molecule has 0 unspecified atom stereocenters. The van der Waals surface area contributed by atoms with Gasteiger partial charge in [0.1, 0.15) is 5.03 Å². The second-order valence-corrected chi connectivity index (χ2v) is 5.60. The molecule has 0 saturated heterocycles. The summed E-state index contributed by atoms with van der Waals surface area (Å²) in [5.41, 5.74) is 10.3. The van der Waals surface area contributed by atoms with E-state index >= 15 is 0 Å². The minimum atomic E-state index is -1.54. The van der Waals surface area contributed by atoms with Crippen LogP contribution in [0.25, 0.3) is 0 Å². The number of carbonyl (C=O) groups is 3. The Morgan fingerprint density at radius 3 is 2.17 bits per heavy atom. The standard InChI is InChI=1S/C15H14N4O3S/c16-13(20)12(14(17)21)19-15(22)9-4-6-10(7-5-9)23-11-3-1-2-8-18-11/h1-8,12H,(H2,16,20)(H2,17,21)(H,19,22). The molecule has 0 spiro atoms. The lowest BCUT2D eigenvalue weighted by molar-refractivity contribution is -0.128. The molecular weight excluding hydrogens is 316 g/mol. The number of pyridine rings is 1. The molecule has 1 aromatic heterocycles. The van der Waals surface area contributed by atoms with Crippen molar-refractivity contribution in [2.75, 3.05) is 0 Å². The zero-order valence-electron chi connectivity index (χ0n) is 11.9. The van der Waals surface area contributed by atoms with Crippen molar-refractivity contribution in [3.05, 3.63) is 54.2 Å². The Morgan fingerprint density at radius 2 is 1.65 bits per heavy atom. The van der Waals surface area contributed by atoms with Gasteiger partial charge in [0.25, 0.3) is 5.91 Å². The second kappa shape index (κ2) is 7.41. The third-order valence-electron chi connectivity index (χ3n) is 2.82. The molecule has 7 nitrogen and oxygen atoms in total. The van der Waals surface area contributed by atoms with E-state index in [0.717, 1.165) is 9.92 Å². The molecule has 0 aliphatic heterocycles. The summed E-state index contributed by atoms with van der Waals surface area (Å²) in [5.74, 6) is -2.62. The highest BCUT2D eigenvalue weighted by molar-refractivity contribution is 7.99. The highest BCUT2D eigenvalue weighted by atomic mass is 32.2. The number of rotatable bonds is 6. The summed E-state index contributed by atoms with van der Waals surface area (Å²) < 4.78 is 0. The van der Waals surface area contributed by atoms with E-state index in [1.165, 1.54) is 11.8 Å². The van der Waals surface area contributed by atoms with Crippen LogP contribution < -0.4 is 16.8 Å². The van der Waals surface area contributed by atoms with Crippen molar-refractivity contribution >= 4 is 29.5 Å². The quantitative estimate of drug-likeness (QED) is 0.656. The molecule has 8 heteroatoms. The van der Waals surface area contributed by atoms with Gasteiger partial charge in [-0.05, 0) is 36.4 Å². The van der Waals surface area contributed by atoms with Crippen molar-refractivity contribution in [2.45, 2.75) is 16.0 Å². The summed E-state index contributed by atoms with van der Waals surface area (Å²) in [6, 6.07) is 10.6. The van der Waals surface area contributed by atoms with Crippen molar-refractivity contribution in [3.8, 4) is 0 Å². The lowest BCUT2D eigenvalue weighted by atomic mass is 10.2. The van der Waals surface area contributed by atoms with Crippen molar-refractivity contribution in [1.82, 2.24) is 10.3 Å². The summed E-state index contributed by atoms with van der Waals surface area (Å²) >= 11 is 1.44. The monoisotopic (exact) mass is 330 g/mol. The average molecular weight is 330 g/mol. The van der Waals surface area contributed by atoms with E-state index in [4.69, 9.17) is 11.5 Å². The van der Waals surface area contributed by atoms with Crippen LogP contribution in [0.5, 0.6) is 0 Å². The van der Waals surface area contributed by atoms with Gasteiger partial charge in [0.05, 0.1) is 0 Å². The Kier molecular flexibility index (Phi) is 5.32. The van der Waals surface area contributed by atoms with Gasteiger partial charge in [0.2, 0.25) is 11.8 Å². The van der Waals surface area contributed by atoms with Crippen molar-refractivity contribution in [2.24, 2.45) is 11.5 Å². The fraction of sp³-hybridized carbons (Fsp3) is 0.0667. The largest absolute Gasteiger partial charge is 0.367 e. The van der Waals surface area contributed by atoms with Crippen LogP contribution in [-0.2, 0) is 9.59 Å². The van der Waals surface area contributed by atoms with Crippen LogP contribution in [0.2, 0.25) is 0 Å². The summed E-state index contributed by atoms with van der Waals surface area (Å²) in [7, 11) is 0. The molecule has 5 N–H and O–H groups in total. The molecular formula is C15H14N4O3S. The zero-order valence-corrected chi connectivity index (χ0v) is 12.7. The van der Waals surface area contributed by atoms with E-state index in [0.29, 0.717) is 0 Å². The Bertz CT molecular complexity index is 705. The Hall–Kier alpha value is -2.87. The van der Waals surface area contributed by atoms with Crippen molar-refractivity contribution in [3.63, 3.8) is 0 Å². The number of benzene rings is 1. The number of amides is 3. The van der Waals surface area contributed by atoms with Gasteiger partial charge in [-0.3, -0.25) is 14.4 Å². The fourth-order valence-electron chi connectivity index (χ4n) is 1.70. The average Bonchev–Trinajstić information content (AvgIpc) is 2.53. The Morgan fingerprint density at radius 1 is 1.00 bits per heavy atom. The van der Waals surface area contributed by atoms with E-state index < -0.39 is 23.8 Å². The van der Waals surface area contributed by atoms with E-state index in [9.17, 15) is 14.4 Å². The summed E-state index contributed by atoms with van der Waals surface area (Å²) in [4.78, 5) is 39.2. The zero-order chi connectivity index (χ0) is 16.8. The van der Waals surface area contributed by atoms with Gasteiger partial charge in [0.15, 0.2) is 6.04 Å².